The van der Waals surface area contributed by atoms with Gasteiger partial charge in [0.05, 0.1) is 5.69 Å². The van der Waals surface area contributed by atoms with Crippen molar-refractivity contribution < 1.29 is 23.0 Å². The Bertz CT molecular complexity index is 1520. The predicted molar refractivity (Wildman–Crippen MR) is 164 cm³/mol. The van der Waals surface area contributed by atoms with Crippen molar-refractivity contribution in [3.8, 4) is 22.8 Å². The van der Waals surface area contributed by atoms with Gasteiger partial charge in [0, 0.05) is 30.1 Å². The Morgan fingerprint density at radius 3 is 2.51 bits per heavy atom. The predicted octanol–water partition coefficient (Wildman–Crippen LogP) is 6.36. The highest BCUT2D eigenvalue weighted by atomic mass is 32.2. The molecule has 2 N–H and O–H groups in total. The second-order valence-corrected chi connectivity index (χ2v) is 11.4. The summed E-state index contributed by atoms with van der Waals surface area (Å²) in [5.41, 5.74) is 4.82. The third kappa shape index (κ3) is 8.15. The number of aliphatic hydroxyl groups excluding tert-OH is 1. The van der Waals surface area contributed by atoms with Crippen LogP contribution in [0.5, 0.6) is 5.75 Å². The minimum atomic E-state index is -4.74. The highest BCUT2D eigenvalue weighted by Gasteiger charge is 2.31. The number of thioether (sulfide) groups is 1. The van der Waals surface area contributed by atoms with Gasteiger partial charge in [-0.25, -0.2) is 14.7 Å². The van der Waals surface area contributed by atoms with Gasteiger partial charge in [-0.2, -0.15) is 0 Å². The molecule has 2 heterocycles. The smallest absolute Gasteiger partial charge is 0.406 e. The normalized spacial score (nSPS) is 15.7. The van der Waals surface area contributed by atoms with Crippen LogP contribution in [0.4, 0.5) is 18.9 Å². The van der Waals surface area contributed by atoms with E-state index in [9.17, 15) is 18.3 Å². The quantitative estimate of drug-likeness (QED) is 0.202. The molecule has 1 fully saturated rings. The lowest BCUT2D eigenvalue weighted by molar-refractivity contribution is -0.274. The van der Waals surface area contributed by atoms with Gasteiger partial charge in [-0.05, 0) is 60.2 Å². The summed E-state index contributed by atoms with van der Waals surface area (Å²) in [6, 6.07) is 21.5. The number of amidine groups is 1. The van der Waals surface area contributed by atoms with E-state index in [1.807, 2.05) is 30.3 Å². The van der Waals surface area contributed by atoms with Gasteiger partial charge < -0.3 is 14.7 Å². The monoisotopic (exact) mass is 610 g/mol. The average Bonchev–Trinajstić information content (AvgIpc) is 3.48. The zero-order chi connectivity index (χ0) is 30.4. The Hall–Kier alpha value is -3.87. The first-order chi connectivity index (χ1) is 20.7. The molecular weight excluding hydrogens is 577 g/mol. The van der Waals surface area contributed by atoms with Gasteiger partial charge in [0.15, 0.2) is 11.0 Å². The third-order valence-corrected chi connectivity index (χ3v) is 7.93. The van der Waals surface area contributed by atoms with Crippen molar-refractivity contribution in [3.63, 3.8) is 0 Å². The largest absolute Gasteiger partial charge is 0.573 e. The number of aliphatic hydroxyl groups is 1. The number of nitrogens with one attached hydrogen (secondary N) is 1. The fraction of sp³-hybridized carbons (Fsp3) is 0.323. The summed E-state index contributed by atoms with van der Waals surface area (Å²) >= 11 is 1.66. The Morgan fingerprint density at radius 1 is 1.05 bits per heavy atom. The highest BCUT2D eigenvalue weighted by Crippen LogP contribution is 2.32. The Morgan fingerprint density at radius 2 is 1.79 bits per heavy atom. The van der Waals surface area contributed by atoms with E-state index in [0.29, 0.717) is 30.4 Å². The van der Waals surface area contributed by atoms with Crippen molar-refractivity contribution >= 4 is 22.6 Å². The van der Waals surface area contributed by atoms with Crippen molar-refractivity contribution in [1.29, 1.82) is 0 Å². The van der Waals surface area contributed by atoms with E-state index in [1.165, 1.54) is 40.8 Å². The zero-order valence-electron chi connectivity index (χ0n) is 23.8. The van der Waals surface area contributed by atoms with Crippen LogP contribution < -0.4 is 15.0 Å². The molecule has 0 bridgehead atoms. The van der Waals surface area contributed by atoms with Crippen LogP contribution >= 0.6 is 11.8 Å². The van der Waals surface area contributed by atoms with Crippen LogP contribution in [-0.2, 0) is 6.42 Å². The maximum Gasteiger partial charge on any atom is 0.573 e. The Balaban J connectivity index is 1.16. The van der Waals surface area contributed by atoms with Crippen molar-refractivity contribution in [2.45, 2.75) is 45.3 Å². The van der Waals surface area contributed by atoms with Gasteiger partial charge >= 0.3 is 6.36 Å². The van der Waals surface area contributed by atoms with E-state index in [2.05, 4.69) is 62.1 Å². The summed E-state index contributed by atoms with van der Waals surface area (Å²) in [6.45, 7) is 5.76. The first-order valence-electron chi connectivity index (χ1n) is 14.0. The summed E-state index contributed by atoms with van der Waals surface area (Å²) in [5, 5.41) is 19.0. The maximum absolute atomic E-state index is 12.4. The molecule has 226 valence electrons. The number of para-hydroxylation sites is 1. The second-order valence-electron chi connectivity index (χ2n) is 10.3. The number of hydrogen-bond acceptors (Lipinski definition) is 7. The number of aliphatic imine (C=N–C) groups is 1. The fourth-order valence-electron chi connectivity index (χ4n) is 4.75. The van der Waals surface area contributed by atoms with Gasteiger partial charge in [0.2, 0.25) is 6.35 Å². The number of aromatic nitrogens is 3. The van der Waals surface area contributed by atoms with Gasteiger partial charge in [0.1, 0.15) is 12.1 Å². The molecule has 1 aliphatic rings. The number of benzene rings is 3. The molecule has 4 aromatic rings. The number of rotatable bonds is 10. The van der Waals surface area contributed by atoms with Crippen LogP contribution in [0, 0.1) is 0 Å². The van der Waals surface area contributed by atoms with E-state index in [4.69, 9.17) is 0 Å². The number of anilines is 1. The van der Waals surface area contributed by atoms with Crippen molar-refractivity contribution in [2.24, 2.45) is 4.99 Å². The van der Waals surface area contributed by atoms with Crippen molar-refractivity contribution in [1.82, 2.24) is 20.1 Å². The molecule has 1 aromatic heterocycles. The van der Waals surface area contributed by atoms with Gasteiger partial charge in [-0.15, -0.1) is 18.3 Å². The lowest BCUT2D eigenvalue weighted by atomic mass is 10.0. The van der Waals surface area contributed by atoms with E-state index < -0.39 is 12.7 Å². The Labute approximate surface area is 252 Å². The molecular formula is C31H33F3N6O2S. The van der Waals surface area contributed by atoms with Gasteiger partial charge in [-0.3, -0.25) is 5.32 Å². The number of ether oxygens (including phenoxy) is 1. The second kappa shape index (κ2) is 13.6. The van der Waals surface area contributed by atoms with Crippen molar-refractivity contribution in [2.75, 3.05) is 23.7 Å². The van der Waals surface area contributed by atoms with E-state index in [1.54, 1.807) is 11.8 Å². The maximum atomic E-state index is 12.4. The lowest BCUT2D eigenvalue weighted by Crippen LogP contribution is -2.38. The zero-order valence-corrected chi connectivity index (χ0v) is 24.6. The first-order valence-corrected chi connectivity index (χ1v) is 15.0. The summed E-state index contributed by atoms with van der Waals surface area (Å²) < 4.78 is 42.6. The fourth-order valence-corrected chi connectivity index (χ4v) is 5.72. The van der Waals surface area contributed by atoms with Crippen LogP contribution in [0.1, 0.15) is 37.3 Å². The third-order valence-electron chi connectivity index (χ3n) is 6.85. The minimum absolute atomic E-state index is 0.302. The SMILES string of the molecule is CC(C)c1ccccc1N1CCCSC1=NC(O)NCCc1ccc(-c2ncn(-c3ccc(OC(F)(F)F)cc3)n2)cc1. The standard InChI is InChI=1S/C31H33F3N6O2S/c1-21(2)26-6-3-4-7-27(26)39-18-5-19-43-30(39)37-29(41)35-17-16-22-8-10-23(11-9-22)28-36-20-40(38-28)24-12-14-25(15-13-24)42-31(32,33)34/h3-4,6-15,20-21,29,35,41H,5,16-19H2,1-2H3. The molecule has 0 amide bonds. The molecule has 8 nitrogen and oxygen atoms in total. The average molecular weight is 611 g/mol. The molecule has 3 aromatic carbocycles. The molecule has 0 radical (unpaired) electrons. The molecule has 1 atom stereocenters. The number of hydrogen-bond donors (Lipinski definition) is 2. The molecule has 43 heavy (non-hydrogen) atoms. The van der Waals surface area contributed by atoms with Crippen LogP contribution in [-0.4, -0.2) is 56.6 Å². The molecule has 1 saturated heterocycles. The summed E-state index contributed by atoms with van der Waals surface area (Å²) in [5.74, 6) is 1.53. The Kier molecular flexibility index (Phi) is 9.69. The van der Waals surface area contributed by atoms with Crippen LogP contribution in [0.3, 0.4) is 0 Å². The molecule has 12 heteroatoms. The number of alkyl halides is 3. The minimum Gasteiger partial charge on any atom is -0.406 e. The van der Waals surface area contributed by atoms with E-state index >= 15 is 0 Å². The van der Waals surface area contributed by atoms with E-state index in [0.717, 1.165) is 40.7 Å². The number of nitrogens with zero attached hydrogens (tertiary/aromatic N) is 5. The highest BCUT2D eigenvalue weighted by molar-refractivity contribution is 8.14. The summed E-state index contributed by atoms with van der Waals surface area (Å²) in [7, 11) is 0. The molecule has 1 aliphatic heterocycles. The topological polar surface area (TPSA) is 87.8 Å². The van der Waals surface area contributed by atoms with Gasteiger partial charge in [-0.1, -0.05) is 68.1 Å². The van der Waals surface area contributed by atoms with Crippen LogP contribution in [0.25, 0.3) is 17.1 Å². The number of halogens is 3. The molecule has 1 unspecified atom stereocenters. The van der Waals surface area contributed by atoms with Crippen LogP contribution in [0.2, 0.25) is 0 Å². The summed E-state index contributed by atoms with van der Waals surface area (Å²) in [4.78, 5) is 11.1. The molecule has 0 saturated carbocycles. The van der Waals surface area contributed by atoms with Crippen molar-refractivity contribution in [3.05, 3.63) is 90.3 Å². The first kappa shape index (κ1) is 30.6. The van der Waals surface area contributed by atoms with E-state index in [-0.39, 0.29) is 5.75 Å². The molecule has 5 rings (SSSR count). The lowest BCUT2D eigenvalue weighted by Gasteiger charge is -2.32. The van der Waals surface area contributed by atoms with Crippen LogP contribution in [0.15, 0.2) is 84.1 Å². The summed E-state index contributed by atoms with van der Waals surface area (Å²) in [6.07, 6.45) is -2.52. The molecule has 0 spiro atoms. The van der Waals surface area contributed by atoms with Gasteiger partial charge in [0.25, 0.3) is 0 Å². The molecule has 0 aliphatic carbocycles.